The van der Waals surface area contributed by atoms with Crippen LogP contribution in [0.3, 0.4) is 0 Å². The van der Waals surface area contributed by atoms with Gasteiger partial charge in [0, 0.05) is 5.56 Å². The van der Waals surface area contributed by atoms with E-state index in [1.807, 2.05) is 6.92 Å². The van der Waals surface area contributed by atoms with E-state index in [4.69, 9.17) is 4.74 Å². The number of aliphatic hydroxyl groups excluding tert-OH is 1. The highest BCUT2D eigenvalue weighted by Crippen LogP contribution is 2.28. The van der Waals surface area contributed by atoms with Crippen LogP contribution in [0, 0.1) is 17.5 Å². The molecule has 2 rings (SSSR count). The summed E-state index contributed by atoms with van der Waals surface area (Å²) in [6.45, 7) is 2.47. The van der Waals surface area contributed by atoms with Crippen LogP contribution in [0.25, 0.3) is 0 Å². The fourth-order valence-electron chi connectivity index (χ4n) is 1.93. The van der Waals surface area contributed by atoms with Gasteiger partial charge >= 0.3 is 0 Å². The predicted octanol–water partition coefficient (Wildman–Crippen LogP) is 3.97. The molecule has 0 saturated heterocycles. The van der Waals surface area contributed by atoms with Crippen molar-refractivity contribution in [1.29, 1.82) is 0 Å². The maximum absolute atomic E-state index is 13.7. The molecule has 0 radical (unpaired) electrons. The van der Waals surface area contributed by atoms with E-state index in [1.54, 1.807) is 24.3 Å². The highest BCUT2D eigenvalue weighted by molar-refractivity contribution is 5.36. The summed E-state index contributed by atoms with van der Waals surface area (Å²) < 4.78 is 45.3. The molecule has 112 valence electrons. The molecule has 0 amide bonds. The molecule has 1 unspecified atom stereocenters. The lowest BCUT2D eigenvalue weighted by atomic mass is 10.0. The van der Waals surface area contributed by atoms with E-state index in [1.165, 1.54) is 0 Å². The van der Waals surface area contributed by atoms with Gasteiger partial charge in [0.25, 0.3) is 0 Å². The van der Waals surface area contributed by atoms with Crippen molar-refractivity contribution in [1.82, 2.24) is 0 Å². The lowest BCUT2D eigenvalue weighted by Crippen LogP contribution is -2.06. The van der Waals surface area contributed by atoms with Gasteiger partial charge < -0.3 is 9.84 Å². The molecule has 0 heterocycles. The molecule has 1 N–H and O–H groups in total. The predicted molar refractivity (Wildman–Crippen MR) is 72.6 cm³/mol. The van der Waals surface area contributed by atoms with E-state index in [2.05, 4.69) is 0 Å². The van der Waals surface area contributed by atoms with E-state index in [-0.39, 0.29) is 5.56 Å². The molecule has 21 heavy (non-hydrogen) atoms. The van der Waals surface area contributed by atoms with Crippen molar-refractivity contribution in [2.24, 2.45) is 0 Å². The Morgan fingerprint density at radius 3 is 2.57 bits per heavy atom. The molecule has 0 fully saturated rings. The van der Waals surface area contributed by atoms with Crippen LogP contribution in [0.1, 0.15) is 30.6 Å². The van der Waals surface area contributed by atoms with Gasteiger partial charge in [0.15, 0.2) is 17.5 Å². The second kappa shape index (κ2) is 6.63. The first-order valence-electron chi connectivity index (χ1n) is 6.58. The maximum atomic E-state index is 13.7. The van der Waals surface area contributed by atoms with E-state index in [9.17, 15) is 18.3 Å². The summed E-state index contributed by atoms with van der Waals surface area (Å²) in [5.74, 6) is -3.74. The van der Waals surface area contributed by atoms with Crippen LogP contribution in [0.5, 0.6) is 5.75 Å². The van der Waals surface area contributed by atoms with Gasteiger partial charge in [-0.2, -0.15) is 0 Å². The van der Waals surface area contributed by atoms with Crippen molar-refractivity contribution in [3.8, 4) is 5.75 Å². The Balaban J connectivity index is 2.31. The largest absolute Gasteiger partial charge is 0.494 e. The number of benzene rings is 2. The molecule has 2 aromatic rings. The highest BCUT2D eigenvalue weighted by atomic mass is 19.2. The topological polar surface area (TPSA) is 29.5 Å². The summed E-state index contributed by atoms with van der Waals surface area (Å²) in [5, 5.41) is 10.2. The molecule has 0 aliphatic rings. The van der Waals surface area contributed by atoms with Crippen LogP contribution in [0.15, 0.2) is 36.4 Å². The third-order valence-electron chi connectivity index (χ3n) is 3.01. The minimum atomic E-state index is -1.59. The third kappa shape index (κ3) is 3.36. The van der Waals surface area contributed by atoms with Gasteiger partial charge in [-0.05, 0) is 30.2 Å². The first kappa shape index (κ1) is 15.4. The van der Waals surface area contributed by atoms with Gasteiger partial charge in [0.1, 0.15) is 11.9 Å². The highest BCUT2D eigenvalue weighted by Gasteiger charge is 2.20. The Labute approximate surface area is 120 Å². The summed E-state index contributed by atoms with van der Waals surface area (Å²) in [6, 6.07) is 8.26. The molecule has 0 aliphatic carbocycles. The Kier molecular flexibility index (Phi) is 4.85. The van der Waals surface area contributed by atoms with Crippen LogP contribution in [-0.4, -0.2) is 11.7 Å². The zero-order valence-electron chi connectivity index (χ0n) is 11.4. The van der Waals surface area contributed by atoms with Crippen LogP contribution >= 0.6 is 0 Å². The van der Waals surface area contributed by atoms with E-state index in [0.717, 1.165) is 18.6 Å². The minimum Gasteiger partial charge on any atom is -0.494 e. The Bertz CT molecular complexity index is 629. The third-order valence-corrected chi connectivity index (χ3v) is 3.01. The van der Waals surface area contributed by atoms with Crippen LogP contribution in [0.2, 0.25) is 0 Å². The molecule has 0 aliphatic heterocycles. The smallest absolute Gasteiger partial charge is 0.194 e. The number of hydrogen-bond acceptors (Lipinski definition) is 2. The van der Waals surface area contributed by atoms with Crippen molar-refractivity contribution >= 4 is 0 Å². The van der Waals surface area contributed by atoms with E-state index >= 15 is 0 Å². The lowest BCUT2D eigenvalue weighted by molar-refractivity contribution is 0.211. The molecule has 0 aromatic heterocycles. The van der Waals surface area contributed by atoms with Crippen molar-refractivity contribution in [3.63, 3.8) is 0 Å². The fraction of sp³-hybridized carbons (Fsp3) is 0.250. The first-order chi connectivity index (χ1) is 10.0. The SMILES string of the molecule is CCCOc1cccc(C(O)c2ccc(F)c(F)c2F)c1. The molecule has 0 saturated carbocycles. The Morgan fingerprint density at radius 1 is 1.10 bits per heavy atom. The summed E-state index contributed by atoms with van der Waals surface area (Å²) >= 11 is 0. The molecular formula is C16H15F3O2. The van der Waals surface area contributed by atoms with Gasteiger partial charge in [-0.15, -0.1) is 0 Å². The molecular weight excluding hydrogens is 281 g/mol. The number of ether oxygens (including phenoxy) is 1. The summed E-state index contributed by atoms with van der Waals surface area (Å²) in [4.78, 5) is 0. The van der Waals surface area contributed by atoms with Crippen LogP contribution in [0.4, 0.5) is 13.2 Å². The summed E-state index contributed by atoms with van der Waals surface area (Å²) in [5.41, 5.74) is 0.0232. The molecule has 2 aromatic carbocycles. The minimum absolute atomic E-state index is 0.318. The van der Waals surface area contributed by atoms with E-state index in [0.29, 0.717) is 17.9 Å². The zero-order chi connectivity index (χ0) is 15.4. The standard InChI is InChI=1S/C16H15F3O2/c1-2-8-21-11-5-3-4-10(9-11)16(20)12-6-7-13(17)15(19)14(12)18/h3-7,9,16,20H,2,8H2,1H3. The molecule has 0 bridgehead atoms. The second-order valence-corrected chi connectivity index (χ2v) is 4.59. The monoisotopic (exact) mass is 296 g/mol. The average Bonchev–Trinajstić information content (AvgIpc) is 2.50. The normalized spacial score (nSPS) is 12.2. The molecule has 2 nitrogen and oxygen atoms in total. The number of hydrogen-bond donors (Lipinski definition) is 1. The summed E-state index contributed by atoms with van der Waals surface area (Å²) in [7, 11) is 0. The van der Waals surface area contributed by atoms with Gasteiger partial charge in [0.05, 0.1) is 6.61 Å². The van der Waals surface area contributed by atoms with Crippen molar-refractivity contribution in [2.75, 3.05) is 6.61 Å². The number of rotatable bonds is 5. The Hall–Kier alpha value is -2.01. The molecule has 1 atom stereocenters. The molecule has 0 spiro atoms. The van der Waals surface area contributed by atoms with E-state index < -0.39 is 23.6 Å². The van der Waals surface area contributed by atoms with Crippen molar-refractivity contribution in [2.45, 2.75) is 19.4 Å². The fourth-order valence-corrected chi connectivity index (χ4v) is 1.93. The van der Waals surface area contributed by atoms with Gasteiger partial charge in [-0.25, -0.2) is 13.2 Å². The van der Waals surface area contributed by atoms with Gasteiger partial charge in [0.2, 0.25) is 0 Å². The number of halogens is 3. The quantitative estimate of drug-likeness (QED) is 0.846. The summed E-state index contributed by atoms with van der Waals surface area (Å²) in [6.07, 6.45) is -0.574. The number of aliphatic hydroxyl groups is 1. The van der Waals surface area contributed by atoms with Crippen LogP contribution in [-0.2, 0) is 0 Å². The maximum Gasteiger partial charge on any atom is 0.194 e. The van der Waals surface area contributed by atoms with Crippen molar-refractivity contribution in [3.05, 3.63) is 65.0 Å². The van der Waals surface area contributed by atoms with Gasteiger partial charge in [-0.1, -0.05) is 25.1 Å². The molecule has 5 heteroatoms. The van der Waals surface area contributed by atoms with Crippen LogP contribution < -0.4 is 4.74 Å². The second-order valence-electron chi connectivity index (χ2n) is 4.59. The lowest BCUT2D eigenvalue weighted by Gasteiger charge is -2.14. The zero-order valence-corrected chi connectivity index (χ0v) is 11.4. The first-order valence-corrected chi connectivity index (χ1v) is 6.58. The average molecular weight is 296 g/mol. The van der Waals surface area contributed by atoms with Gasteiger partial charge in [-0.3, -0.25) is 0 Å². The Morgan fingerprint density at radius 2 is 1.86 bits per heavy atom. The van der Waals surface area contributed by atoms with Crippen molar-refractivity contribution < 1.29 is 23.0 Å².